The zero-order chi connectivity index (χ0) is 21.1. The maximum absolute atomic E-state index is 13.1. The van der Waals surface area contributed by atoms with Gasteiger partial charge in [-0.05, 0) is 43.7 Å². The third-order valence-electron chi connectivity index (χ3n) is 5.49. The van der Waals surface area contributed by atoms with E-state index in [2.05, 4.69) is 42.3 Å². The normalized spacial score (nSPS) is 14.8. The number of aryl methyl sites for hydroxylation is 2. The van der Waals surface area contributed by atoms with Crippen molar-refractivity contribution in [1.82, 2.24) is 15.2 Å². The highest BCUT2D eigenvalue weighted by molar-refractivity contribution is 6.31. The largest absolute Gasteiger partial charge is 0.379 e. The fourth-order valence-corrected chi connectivity index (χ4v) is 4.04. The van der Waals surface area contributed by atoms with Crippen LogP contribution in [-0.4, -0.2) is 55.2 Å². The van der Waals surface area contributed by atoms with Crippen LogP contribution in [0.5, 0.6) is 0 Å². The van der Waals surface area contributed by atoms with Crippen molar-refractivity contribution in [1.29, 1.82) is 0 Å². The summed E-state index contributed by atoms with van der Waals surface area (Å²) in [7, 11) is 0. The molecule has 156 valence electrons. The highest BCUT2D eigenvalue weighted by atomic mass is 35.5. The monoisotopic (exact) mass is 423 g/mol. The molecule has 6 heteroatoms. The van der Waals surface area contributed by atoms with Crippen molar-refractivity contribution < 1.29 is 9.53 Å². The van der Waals surface area contributed by atoms with Gasteiger partial charge in [-0.3, -0.25) is 9.69 Å². The Morgan fingerprint density at radius 1 is 1.13 bits per heavy atom. The third-order valence-corrected chi connectivity index (χ3v) is 5.73. The Morgan fingerprint density at radius 2 is 1.93 bits per heavy atom. The molecule has 5 nitrogen and oxygen atoms in total. The van der Waals surface area contributed by atoms with E-state index in [1.54, 1.807) is 0 Å². The third kappa shape index (κ3) is 4.64. The van der Waals surface area contributed by atoms with E-state index < -0.39 is 0 Å². The van der Waals surface area contributed by atoms with E-state index in [1.165, 1.54) is 5.56 Å². The summed E-state index contributed by atoms with van der Waals surface area (Å²) in [5.74, 6) is -0.107. The number of fused-ring (bicyclic) bond motifs is 1. The predicted molar refractivity (Wildman–Crippen MR) is 121 cm³/mol. The Labute approximate surface area is 182 Å². The van der Waals surface area contributed by atoms with Crippen LogP contribution in [0.2, 0.25) is 5.02 Å². The van der Waals surface area contributed by atoms with Crippen LogP contribution in [0.1, 0.15) is 21.5 Å². The lowest BCUT2D eigenvalue weighted by atomic mass is 9.99. The summed E-state index contributed by atoms with van der Waals surface area (Å²) < 4.78 is 5.38. The molecule has 1 N–H and O–H groups in total. The van der Waals surface area contributed by atoms with Gasteiger partial charge in [-0.15, -0.1) is 0 Å². The molecule has 1 fully saturated rings. The number of ether oxygens (including phenoxy) is 1. The van der Waals surface area contributed by atoms with Crippen molar-refractivity contribution in [2.75, 3.05) is 39.4 Å². The summed E-state index contributed by atoms with van der Waals surface area (Å²) >= 11 is 6.22. The number of benzene rings is 2. The molecule has 2 aromatic carbocycles. The molecule has 0 saturated carbocycles. The second-order valence-electron chi connectivity index (χ2n) is 7.74. The lowest BCUT2D eigenvalue weighted by molar-refractivity contribution is 0.0383. The van der Waals surface area contributed by atoms with Gasteiger partial charge >= 0.3 is 0 Å². The molecular weight excluding hydrogens is 398 g/mol. The van der Waals surface area contributed by atoms with Gasteiger partial charge in [0, 0.05) is 42.2 Å². The van der Waals surface area contributed by atoms with E-state index in [1.807, 2.05) is 24.3 Å². The SMILES string of the molecule is Cc1ccc(-c2cc(C(=O)NCCN3CCOCC3)c3cc(Cl)ccc3n2)c(C)c1. The number of carbonyl (C=O) groups is 1. The van der Waals surface area contributed by atoms with Gasteiger partial charge in [0.1, 0.15) is 0 Å². The quantitative estimate of drug-likeness (QED) is 0.667. The molecule has 0 atom stereocenters. The molecule has 0 bridgehead atoms. The standard InChI is InChI=1S/C24H26ClN3O2/c1-16-3-5-19(17(2)13-16)23-15-21(20-14-18(25)4-6-22(20)27-23)24(29)26-7-8-28-9-11-30-12-10-28/h3-6,13-15H,7-12H2,1-2H3,(H,26,29). The average Bonchev–Trinajstić information content (AvgIpc) is 2.74. The zero-order valence-corrected chi connectivity index (χ0v) is 18.1. The van der Waals surface area contributed by atoms with E-state index in [0.717, 1.165) is 60.6 Å². The number of hydrogen-bond donors (Lipinski definition) is 1. The molecule has 3 aromatic rings. The number of nitrogens with zero attached hydrogens (tertiary/aromatic N) is 2. The van der Waals surface area contributed by atoms with E-state index >= 15 is 0 Å². The minimum Gasteiger partial charge on any atom is -0.379 e. The van der Waals surface area contributed by atoms with Gasteiger partial charge in [0.25, 0.3) is 5.91 Å². The van der Waals surface area contributed by atoms with Crippen LogP contribution in [0.15, 0.2) is 42.5 Å². The first kappa shape index (κ1) is 20.8. The minimum absolute atomic E-state index is 0.107. The number of pyridine rings is 1. The van der Waals surface area contributed by atoms with Crippen LogP contribution >= 0.6 is 11.6 Å². The van der Waals surface area contributed by atoms with Crippen molar-refractivity contribution in [3.63, 3.8) is 0 Å². The molecule has 1 aliphatic heterocycles. The van der Waals surface area contributed by atoms with Gasteiger partial charge in [-0.25, -0.2) is 4.98 Å². The van der Waals surface area contributed by atoms with Crippen LogP contribution in [0.4, 0.5) is 0 Å². The van der Waals surface area contributed by atoms with Gasteiger partial charge in [-0.2, -0.15) is 0 Å². The smallest absolute Gasteiger partial charge is 0.252 e. The Balaban J connectivity index is 1.64. The van der Waals surface area contributed by atoms with Crippen molar-refractivity contribution in [3.8, 4) is 11.3 Å². The molecular formula is C24H26ClN3O2. The first-order valence-electron chi connectivity index (χ1n) is 10.3. The lowest BCUT2D eigenvalue weighted by Gasteiger charge is -2.26. The summed E-state index contributed by atoms with van der Waals surface area (Å²) in [6, 6.07) is 13.6. The molecule has 0 radical (unpaired) electrons. The lowest BCUT2D eigenvalue weighted by Crippen LogP contribution is -2.41. The van der Waals surface area contributed by atoms with Crippen LogP contribution in [-0.2, 0) is 4.74 Å². The number of halogens is 1. The van der Waals surface area contributed by atoms with Crippen molar-refractivity contribution in [3.05, 3.63) is 64.2 Å². The van der Waals surface area contributed by atoms with Crippen LogP contribution in [0.3, 0.4) is 0 Å². The number of nitrogens with one attached hydrogen (secondary N) is 1. The van der Waals surface area contributed by atoms with E-state index in [-0.39, 0.29) is 5.91 Å². The first-order chi connectivity index (χ1) is 14.5. The number of carbonyl (C=O) groups excluding carboxylic acids is 1. The van der Waals surface area contributed by atoms with Gasteiger partial charge < -0.3 is 10.1 Å². The Hall–Kier alpha value is -2.47. The van der Waals surface area contributed by atoms with Crippen molar-refractivity contribution in [2.24, 2.45) is 0 Å². The molecule has 1 aliphatic rings. The number of morpholine rings is 1. The summed E-state index contributed by atoms with van der Waals surface area (Å²) in [5, 5.41) is 4.42. The molecule has 0 aliphatic carbocycles. The number of rotatable bonds is 5. The predicted octanol–water partition coefficient (Wildman–Crippen LogP) is 4.23. The average molecular weight is 424 g/mol. The summed E-state index contributed by atoms with van der Waals surface area (Å²) in [6.07, 6.45) is 0. The fourth-order valence-electron chi connectivity index (χ4n) is 3.87. The second kappa shape index (κ2) is 9.13. The van der Waals surface area contributed by atoms with Crippen molar-refractivity contribution in [2.45, 2.75) is 13.8 Å². The van der Waals surface area contributed by atoms with Gasteiger partial charge in [0.05, 0.1) is 30.0 Å². The summed E-state index contributed by atoms with van der Waals surface area (Å²) in [5.41, 5.74) is 5.51. The molecule has 30 heavy (non-hydrogen) atoms. The van der Waals surface area contributed by atoms with Crippen LogP contribution < -0.4 is 5.32 Å². The molecule has 1 aromatic heterocycles. The zero-order valence-electron chi connectivity index (χ0n) is 17.4. The highest BCUT2D eigenvalue weighted by Crippen LogP contribution is 2.29. The number of aromatic nitrogens is 1. The Bertz CT molecular complexity index is 1080. The van der Waals surface area contributed by atoms with E-state index in [0.29, 0.717) is 17.1 Å². The molecule has 0 unspecified atom stereocenters. The number of amides is 1. The minimum atomic E-state index is -0.107. The Kier molecular flexibility index (Phi) is 6.32. The topological polar surface area (TPSA) is 54.5 Å². The molecule has 1 saturated heterocycles. The van der Waals surface area contributed by atoms with E-state index in [4.69, 9.17) is 21.3 Å². The van der Waals surface area contributed by atoms with Crippen molar-refractivity contribution >= 4 is 28.4 Å². The van der Waals surface area contributed by atoms with Crippen LogP contribution in [0.25, 0.3) is 22.2 Å². The van der Waals surface area contributed by atoms with Gasteiger partial charge in [-0.1, -0.05) is 35.4 Å². The maximum Gasteiger partial charge on any atom is 0.252 e. The fraction of sp³-hybridized carbons (Fsp3) is 0.333. The summed E-state index contributed by atoms with van der Waals surface area (Å²) in [4.78, 5) is 20.2. The maximum atomic E-state index is 13.1. The molecule has 0 spiro atoms. The Morgan fingerprint density at radius 3 is 2.70 bits per heavy atom. The van der Waals surface area contributed by atoms with Crippen LogP contribution in [0, 0.1) is 13.8 Å². The van der Waals surface area contributed by atoms with Gasteiger partial charge in [0.15, 0.2) is 0 Å². The number of hydrogen-bond acceptors (Lipinski definition) is 4. The van der Waals surface area contributed by atoms with E-state index in [9.17, 15) is 4.79 Å². The van der Waals surface area contributed by atoms with Gasteiger partial charge in [0.2, 0.25) is 0 Å². The summed E-state index contributed by atoms with van der Waals surface area (Å²) in [6.45, 7) is 8.84. The molecule has 1 amide bonds. The second-order valence-corrected chi connectivity index (χ2v) is 8.18. The molecule has 2 heterocycles. The molecule has 4 rings (SSSR count). The highest BCUT2D eigenvalue weighted by Gasteiger charge is 2.16. The first-order valence-corrected chi connectivity index (χ1v) is 10.7.